The van der Waals surface area contributed by atoms with E-state index in [9.17, 15) is 19.5 Å². The molecule has 4 aliphatic rings. The van der Waals surface area contributed by atoms with Gasteiger partial charge in [0, 0.05) is 40.7 Å². The quantitative estimate of drug-likeness (QED) is 0.129. The molecule has 0 spiro atoms. The number of Topliss-reactive ketones (excluding diaryl/α,β-unsaturated/α-hetero) is 2. The summed E-state index contributed by atoms with van der Waals surface area (Å²) in [6, 6.07) is 27.6. The summed E-state index contributed by atoms with van der Waals surface area (Å²) in [6.45, 7) is 1.45. The number of methoxy groups -OCH3 is 2. The number of hydrogen-bond donors (Lipinski definition) is 1. The summed E-state index contributed by atoms with van der Waals surface area (Å²) in [7, 11) is 2.93. The number of fused-ring (bicyclic) bond motifs is 4. The highest BCUT2D eigenvalue weighted by Gasteiger charge is 2.66. The Balaban J connectivity index is 1.38. The van der Waals surface area contributed by atoms with E-state index in [1.54, 1.807) is 36.4 Å². The van der Waals surface area contributed by atoms with Crippen LogP contribution < -0.4 is 14.4 Å². The highest BCUT2D eigenvalue weighted by atomic mass is 16.5. The molecule has 1 aliphatic heterocycles. The third-order valence-corrected chi connectivity index (χ3v) is 11.7. The van der Waals surface area contributed by atoms with Crippen LogP contribution in [0.1, 0.15) is 52.7 Å². The second-order valence-electron chi connectivity index (χ2n) is 14.2. The molecule has 0 radical (unpaired) electrons. The molecule has 9 nitrogen and oxygen atoms in total. The molecule has 1 N–H and O–H groups in total. The van der Waals surface area contributed by atoms with Gasteiger partial charge in [-0.05, 0) is 67.2 Å². The number of amides is 2. The number of carbonyl (C=O) groups is 5. The van der Waals surface area contributed by atoms with Crippen molar-refractivity contribution in [1.29, 1.82) is 0 Å². The number of allylic oxidation sites excluding steroid dienone is 4. The van der Waals surface area contributed by atoms with Crippen LogP contribution in [0.2, 0.25) is 0 Å². The second-order valence-corrected chi connectivity index (χ2v) is 14.2. The summed E-state index contributed by atoms with van der Waals surface area (Å²) in [5, 5.41) is 10.7. The Bertz CT molecular complexity index is 2230. The molecule has 0 bridgehead atoms. The van der Waals surface area contributed by atoms with Crippen LogP contribution in [-0.4, -0.2) is 48.5 Å². The summed E-state index contributed by atoms with van der Waals surface area (Å²) < 4.78 is 11.8. The number of rotatable bonds is 7. The number of hydrogen-bond acceptors (Lipinski definition) is 8. The molecule has 6 atom stereocenters. The van der Waals surface area contributed by atoms with Crippen LogP contribution in [0.25, 0.3) is 5.57 Å². The van der Waals surface area contributed by atoms with E-state index in [1.807, 2.05) is 54.6 Å². The van der Waals surface area contributed by atoms with Gasteiger partial charge in [0.05, 0.1) is 37.2 Å². The molecule has 2 amide bonds. The molecule has 4 aromatic carbocycles. The number of phenols is 1. The molecule has 0 aromatic heterocycles. The maximum absolute atomic E-state index is 15.3. The summed E-state index contributed by atoms with van der Waals surface area (Å²) >= 11 is 0. The number of imide groups is 1. The predicted molar refractivity (Wildman–Crippen MR) is 197 cm³/mol. The van der Waals surface area contributed by atoms with Crippen molar-refractivity contribution in [2.75, 3.05) is 19.1 Å². The van der Waals surface area contributed by atoms with Crippen LogP contribution in [0.5, 0.6) is 17.2 Å². The van der Waals surface area contributed by atoms with E-state index in [0.29, 0.717) is 27.9 Å². The van der Waals surface area contributed by atoms with E-state index in [-0.39, 0.29) is 58.9 Å². The van der Waals surface area contributed by atoms with Gasteiger partial charge < -0.3 is 14.6 Å². The van der Waals surface area contributed by atoms with Gasteiger partial charge in [-0.3, -0.25) is 28.9 Å². The van der Waals surface area contributed by atoms with Crippen LogP contribution in [0.3, 0.4) is 0 Å². The predicted octanol–water partition coefficient (Wildman–Crippen LogP) is 6.64. The van der Waals surface area contributed by atoms with Crippen molar-refractivity contribution in [2.24, 2.45) is 23.7 Å². The Morgan fingerprint density at radius 3 is 2.04 bits per heavy atom. The highest BCUT2D eigenvalue weighted by molar-refractivity contribution is 6.32. The molecule has 8 rings (SSSR count). The van der Waals surface area contributed by atoms with Gasteiger partial charge in [0.25, 0.3) is 0 Å². The van der Waals surface area contributed by atoms with E-state index >= 15 is 9.59 Å². The number of anilines is 1. The average Bonchev–Trinajstić information content (AvgIpc) is 3.44. The first-order valence-corrected chi connectivity index (χ1v) is 17.7. The SMILES string of the molecule is COc1cc(O)cc(OC)c1[C@H]1C2=CC[C@@H]3C(=O)N(c4ccc(C(C)=O)cc4)C(=O)[C@@H]3[C@@H]2C[C@H]2C(=O)C(c3ccccc3)=CC(=O)[C@@]12c1ccccc1. The minimum atomic E-state index is -1.50. The van der Waals surface area contributed by atoms with Crippen LogP contribution >= 0.6 is 0 Å². The average molecular weight is 708 g/mol. The van der Waals surface area contributed by atoms with Crippen molar-refractivity contribution in [3.8, 4) is 17.2 Å². The molecule has 53 heavy (non-hydrogen) atoms. The van der Waals surface area contributed by atoms with Gasteiger partial charge in [-0.25, -0.2) is 0 Å². The van der Waals surface area contributed by atoms with Crippen LogP contribution in [0.15, 0.2) is 115 Å². The van der Waals surface area contributed by atoms with Gasteiger partial charge in [0.1, 0.15) is 17.2 Å². The molecule has 1 saturated heterocycles. The molecule has 1 heterocycles. The number of nitrogens with zero attached hydrogens (tertiary/aromatic N) is 1. The zero-order valence-electron chi connectivity index (χ0n) is 29.4. The van der Waals surface area contributed by atoms with Gasteiger partial charge in [-0.1, -0.05) is 72.3 Å². The zero-order chi connectivity index (χ0) is 37.2. The molecule has 3 aliphatic carbocycles. The molecule has 9 heteroatoms. The Hall–Kier alpha value is -6.09. The monoisotopic (exact) mass is 707 g/mol. The van der Waals surface area contributed by atoms with E-state index < -0.39 is 40.9 Å². The first kappa shape index (κ1) is 34.0. The normalized spacial score (nSPS) is 26.2. The largest absolute Gasteiger partial charge is 0.508 e. The van der Waals surface area contributed by atoms with Gasteiger partial charge in [-0.15, -0.1) is 0 Å². The summed E-state index contributed by atoms with van der Waals surface area (Å²) in [5.41, 5.74) is 2.04. The van der Waals surface area contributed by atoms with Crippen molar-refractivity contribution >= 4 is 40.4 Å². The number of ketones is 3. The highest BCUT2D eigenvalue weighted by Crippen LogP contribution is 2.65. The maximum Gasteiger partial charge on any atom is 0.238 e. The molecule has 2 fully saturated rings. The number of benzene rings is 4. The second kappa shape index (κ2) is 12.8. The van der Waals surface area contributed by atoms with Crippen molar-refractivity contribution in [1.82, 2.24) is 0 Å². The van der Waals surface area contributed by atoms with E-state index in [4.69, 9.17) is 9.47 Å². The Morgan fingerprint density at radius 2 is 1.43 bits per heavy atom. The first-order chi connectivity index (χ1) is 25.6. The zero-order valence-corrected chi connectivity index (χ0v) is 29.4. The minimum absolute atomic E-state index is 0.113. The lowest BCUT2D eigenvalue weighted by molar-refractivity contribution is -0.135. The van der Waals surface area contributed by atoms with Gasteiger partial charge in [0.2, 0.25) is 11.8 Å². The smallest absolute Gasteiger partial charge is 0.238 e. The maximum atomic E-state index is 15.3. The minimum Gasteiger partial charge on any atom is -0.508 e. The number of aromatic hydroxyl groups is 1. The first-order valence-electron chi connectivity index (χ1n) is 17.7. The Labute approximate surface area is 306 Å². The molecular formula is C44H37NO8. The van der Waals surface area contributed by atoms with Crippen LogP contribution in [0, 0.1) is 23.7 Å². The van der Waals surface area contributed by atoms with Crippen LogP contribution in [0.4, 0.5) is 5.69 Å². The molecule has 266 valence electrons. The third kappa shape index (κ3) is 5.01. The van der Waals surface area contributed by atoms with Crippen molar-refractivity contribution in [3.63, 3.8) is 0 Å². The van der Waals surface area contributed by atoms with E-state index in [2.05, 4.69) is 0 Å². The number of carbonyl (C=O) groups excluding carboxylic acids is 5. The fraction of sp³-hybridized carbons (Fsp3) is 0.250. The van der Waals surface area contributed by atoms with E-state index in [1.165, 1.54) is 44.3 Å². The number of phenolic OH excluding ortho intramolecular Hbond substituents is 1. The van der Waals surface area contributed by atoms with Crippen molar-refractivity contribution in [3.05, 3.63) is 137 Å². The lowest BCUT2D eigenvalue weighted by atomic mass is 9.44. The van der Waals surface area contributed by atoms with E-state index in [0.717, 1.165) is 5.57 Å². The lowest BCUT2D eigenvalue weighted by Crippen LogP contribution is -2.59. The fourth-order valence-corrected chi connectivity index (χ4v) is 9.50. The van der Waals surface area contributed by atoms with Crippen molar-refractivity contribution in [2.45, 2.75) is 31.1 Å². The van der Waals surface area contributed by atoms with Gasteiger partial charge in [0.15, 0.2) is 17.3 Å². The summed E-state index contributed by atoms with van der Waals surface area (Å²) in [5.74, 6) is -5.00. The molecule has 0 unspecified atom stereocenters. The Morgan fingerprint density at radius 1 is 0.811 bits per heavy atom. The topological polar surface area (TPSA) is 127 Å². The van der Waals surface area contributed by atoms with Crippen LogP contribution in [-0.2, 0) is 24.6 Å². The summed E-state index contributed by atoms with van der Waals surface area (Å²) in [4.78, 5) is 72.5. The molecule has 1 saturated carbocycles. The molecular weight excluding hydrogens is 670 g/mol. The standard InChI is InChI=1S/C44H37NO8/c1-24(46)25-14-16-28(17-15-25)45-42(50)31-19-18-30-33(38(31)43(45)51)22-34-41(49)32(26-10-6-4-7-11-26)23-37(48)44(34,27-12-8-5-9-13-27)40(30)39-35(52-2)20-29(47)21-36(39)53-3/h4-18,20-21,23,31,33-34,38,40,47H,19,22H2,1-3H3/t31-,33+,34-,38-,40+,44-/m0/s1. The third-order valence-electron chi connectivity index (χ3n) is 11.7. The lowest BCUT2D eigenvalue weighted by Gasteiger charge is -2.55. The van der Waals surface area contributed by atoms with Crippen molar-refractivity contribution < 1.29 is 38.6 Å². The number of ether oxygens (including phenoxy) is 2. The Kier molecular flexibility index (Phi) is 8.24. The fourth-order valence-electron chi connectivity index (χ4n) is 9.50. The van der Waals surface area contributed by atoms with Gasteiger partial charge in [-0.2, -0.15) is 0 Å². The van der Waals surface area contributed by atoms with Gasteiger partial charge >= 0.3 is 0 Å². The summed E-state index contributed by atoms with van der Waals surface area (Å²) in [6.07, 6.45) is 3.78. The molecule has 4 aromatic rings.